The highest BCUT2D eigenvalue weighted by Gasteiger charge is 2.07. The molecule has 2 aromatic heterocycles. The maximum Gasteiger partial charge on any atom is 0.167 e. The van der Waals surface area contributed by atoms with Crippen LogP contribution in [0, 0.1) is 6.92 Å². The van der Waals surface area contributed by atoms with Crippen LogP contribution >= 0.6 is 11.3 Å². The molecule has 0 bridgehead atoms. The van der Waals surface area contributed by atoms with E-state index in [-0.39, 0.29) is 0 Å². The minimum atomic E-state index is 0.662. The number of methoxy groups -OCH3 is 2. The van der Waals surface area contributed by atoms with E-state index in [1.807, 2.05) is 25.1 Å². The Morgan fingerprint density at radius 2 is 2.00 bits per heavy atom. The Balaban J connectivity index is 1.80. The van der Waals surface area contributed by atoms with Gasteiger partial charge in [0.1, 0.15) is 6.33 Å². The number of hydrogen-bond donors (Lipinski definition) is 1. The van der Waals surface area contributed by atoms with Gasteiger partial charge in [0.05, 0.1) is 30.7 Å². The Morgan fingerprint density at radius 1 is 1.17 bits per heavy atom. The average molecular weight is 328 g/mol. The molecule has 0 aliphatic carbocycles. The van der Waals surface area contributed by atoms with Crippen molar-refractivity contribution >= 4 is 33.6 Å². The van der Waals surface area contributed by atoms with Crippen LogP contribution in [0.25, 0.3) is 10.2 Å². The van der Waals surface area contributed by atoms with Crippen molar-refractivity contribution in [3.63, 3.8) is 0 Å². The number of ether oxygens (including phenoxy) is 2. The molecule has 118 valence electrons. The van der Waals surface area contributed by atoms with Crippen molar-refractivity contribution in [1.29, 1.82) is 0 Å². The van der Waals surface area contributed by atoms with E-state index in [1.54, 1.807) is 31.8 Å². The monoisotopic (exact) mass is 328 g/mol. The molecular formula is C16H16N4O2S. The number of thiophene rings is 1. The molecule has 0 amide bonds. The summed E-state index contributed by atoms with van der Waals surface area (Å²) in [6.45, 7) is 2.03. The predicted octanol–water partition coefficient (Wildman–Crippen LogP) is 3.46. The van der Waals surface area contributed by atoms with E-state index in [2.05, 4.69) is 25.9 Å². The van der Waals surface area contributed by atoms with Crippen LogP contribution in [-0.2, 0) is 0 Å². The smallest absolute Gasteiger partial charge is 0.167 e. The number of rotatable bonds is 5. The highest BCUT2D eigenvalue weighted by atomic mass is 32.1. The van der Waals surface area contributed by atoms with Gasteiger partial charge in [0.25, 0.3) is 0 Å². The van der Waals surface area contributed by atoms with Crippen molar-refractivity contribution in [3.8, 4) is 11.5 Å². The fourth-order valence-electron chi connectivity index (χ4n) is 2.15. The first-order chi connectivity index (χ1) is 11.2. The third kappa shape index (κ3) is 3.09. The normalized spacial score (nSPS) is 11.1. The molecule has 0 spiro atoms. The third-order valence-electron chi connectivity index (χ3n) is 3.32. The van der Waals surface area contributed by atoms with Crippen LogP contribution in [0.4, 0.5) is 5.82 Å². The molecule has 0 fully saturated rings. The lowest BCUT2D eigenvalue weighted by Crippen LogP contribution is -1.96. The molecule has 0 radical (unpaired) electrons. The van der Waals surface area contributed by atoms with E-state index in [4.69, 9.17) is 9.47 Å². The Hall–Kier alpha value is -2.67. The highest BCUT2D eigenvalue weighted by molar-refractivity contribution is 7.18. The van der Waals surface area contributed by atoms with Crippen LogP contribution in [-0.4, -0.2) is 30.4 Å². The van der Waals surface area contributed by atoms with E-state index in [0.717, 1.165) is 21.3 Å². The molecule has 1 N–H and O–H groups in total. The summed E-state index contributed by atoms with van der Waals surface area (Å²) in [5.41, 5.74) is 5.95. The summed E-state index contributed by atoms with van der Waals surface area (Å²) in [6, 6.07) is 5.60. The lowest BCUT2D eigenvalue weighted by Gasteiger charge is -2.07. The van der Waals surface area contributed by atoms with Crippen molar-refractivity contribution in [1.82, 2.24) is 9.97 Å². The number of anilines is 1. The second-order valence-corrected chi connectivity index (χ2v) is 5.68. The summed E-state index contributed by atoms with van der Waals surface area (Å²) < 4.78 is 11.5. The Morgan fingerprint density at radius 3 is 2.78 bits per heavy atom. The molecule has 0 aliphatic heterocycles. The first-order valence-corrected chi connectivity index (χ1v) is 7.81. The summed E-state index contributed by atoms with van der Waals surface area (Å²) >= 11 is 1.60. The van der Waals surface area contributed by atoms with Crippen molar-refractivity contribution in [2.45, 2.75) is 6.92 Å². The second-order valence-electron chi connectivity index (χ2n) is 4.80. The summed E-state index contributed by atoms with van der Waals surface area (Å²) in [5.74, 6) is 2.05. The summed E-state index contributed by atoms with van der Waals surface area (Å²) in [7, 11) is 3.21. The minimum Gasteiger partial charge on any atom is -0.493 e. The van der Waals surface area contributed by atoms with Crippen LogP contribution in [0.15, 0.2) is 35.0 Å². The molecule has 3 aromatic rings. The minimum absolute atomic E-state index is 0.662. The molecule has 0 saturated heterocycles. The molecule has 6 nitrogen and oxygen atoms in total. The van der Waals surface area contributed by atoms with Crippen LogP contribution in [0.5, 0.6) is 11.5 Å². The number of fused-ring (bicyclic) bond motifs is 1. The highest BCUT2D eigenvalue weighted by Crippen LogP contribution is 2.29. The van der Waals surface area contributed by atoms with Crippen LogP contribution in [0.1, 0.15) is 11.1 Å². The van der Waals surface area contributed by atoms with Crippen molar-refractivity contribution in [3.05, 3.63) is 41.0 Å². The number of hydrazone groups is 1. The van der Waals surface area contributed by atoms with Crippen molar-refractivity contribution in [2.24, 2.45) is 5.10 Å². The van der Waals surface area contributed by atoms with Gasteiger partial charge in [0.2, 0.25) is 0 Å². The van der Waals surface area contributed by atoms with E-state index in [9.17, 15) is 0 Å². The number of aryl methyl sites for hydroxylation is 1. The zero-order chi connectivity index (χ0) is 16.2. The van der Waals surface area contributed by atoms with E-state index in [1.165, 1.54) is 6.33 Å². The first-order valence-electron chi connectivity index (χ1n) is 6.93. The Labute approximate surface area is 137 Å². The lowest BCUT2D eigenvalue weighted by molar-refractivity contribution is 0.355. The van der Waals surface area contributed by atoms with Gasteiger partial charge in [-0.3, -0.25) is 5.43 Å². The van der Waals surface area contributed by atoms with Gasteiger partial charge >= 0.3 is 0 Å². The number of nitrogens with one attached hydrogen (secondary N) is 1. The maximum absolute atomic E-state index is 5.28. The maximum atomic E-state index is 5.28. The molecule has 0 aliphatic rings. The fraction of sp³-hybridized carbons (Fsp3) is 0.188. The zero-order valence-corrected chi connectivity index (χ0v) is 13.8. The predicted molar refractivity (Wildman–Crippen MR) is 92.9 cm³/mol. The van der Waals surface area contributed by atoms with Crippen LogP contribution < -0.4 is 14.9 Å². The topological polar surface area (TPSA) is 68.6 Å². The van der Waals surface area contributed by atoms with Gasteiger partial charge in [-0.1, -0.05) is 0 Å². The van der Waals surface area contributed by atoms with Gasteiger partial charge < -0.3 is 9.47 Å². The van der Waals surface area contributed by atoms with Gasteiger partial charge in [0, 0.05) is 0 Å². The number of hydrogen-bond acceptors (Lipinski definition) is 7. The van der Waals surface area contributed by atoms with Crippen molar-refractivity contribution in [2.75, 3.05) is 19.6 Å². The summed E-state index contributed by atoms with van der Waals surface area (Å²) in [5, 5.41) is 6.31. The Kier molecular flexibility index (Phi) is 4.38. The van der Waals surface area contributed by atoms with Crippen molar-refractivity contribution < 1.29 is 9.47 Å². The zero-order valence-electron chi connectivity index (χ0n) is 13.0. The molecule has 1 aromatic carbocycles. The SMILES string of the molecule is COc1ccc(/C=N/Nc2ncnc3c(C)csc23)cc1OC. The first kappa shape index (κ1) is 15.2. The van der Waals surface area contributed by atoms with Gasteiger partial charge in [-0.2, -0.15) is 5.10 Å². The Bertz CT molecular complexity index is 860. The van der Waals surface area contributed by atoms with E-state index < -0.39 is 0 Å². The standard InChI is InChI=1S/C16H16N4O2S/c1-10-8-23-15-14(10)17-9-18-16(15)20-19-7-11-4-5-12(21-2)13(6-11)22-3/h4-9H,1-3H3,(H,17,18,20)/b19-7+. The van der Waals surface area contributed by atoms with Crippen LogP contribution in [0.3, 0.4) is 0 Å². The van der Waals surface area contributed by atoms with Gasteiger partial charge in [0.15, 0.2) is 17.3 Å². The summed E-state index contributed by atoms with van der Waals surface area (Å²) in [4.78, 5) is 8.53. The van der Waals surface area contributed by atoms with E-state index in [0.29, 0.717) is 17.3 Å². The fourth-order valence-corrected chi connectivity index (χ4v) is 3.09. The number of nitrogens with zero attached hydrogens (tertiary/aromatic N) is 3. The molecule has 23 heavy (non-hydrogen) atoms. The molecule has 0 unspecified atom stereocenters. The quantitative estimate of drug-likeness (QED) is 0.574. The molecule has 2 heterocycles. The van der Waals surface area contributed by atoms with Gasteiger partial charge in [-0.15, -0.1) is 11.3 Å². The van der Waals surface area contributed by atoms with Crippen LogP contribution in [0.2, 0.25) is 0 Å². The summed E-state index contributed by atoms with van der Waals surface area (Å²) in [6.07, 6.45) is 3.24. The van der Waals surface area contributed by atoms with E-state index >= 15 is 0 Å². The molecule has 3 rings (SSSR count). The molecule has 7 heteroatoms. The second kappa shape index (κ2) is 6.62. The molecule has 0 saturated carbocycles. The number of benzene rings is 1. The number of aromatic nitrogens is 2. The lowest BCUT2D eigenvalue weighted by atomic mass is 10.2. The van der Waals surface area contributed by atoms with Gasteiger partial charge in [-0.05, 0) is 41.6 Å². The third-order valence-corrected chi connectivity index (χ3v) is 4.42. The van der Waals surface area contributed by atoms with Gasteiger partial charge in [-0.25, -0.2) is 9.97 Å². The largest absolute Gasteiger partial charge is 0.493 e. The average Bonchev–Trinajstić information content (AvgIpc) is 2.97. The molecule has 0 atom stereocenters. The molecular weight excluding hydrogens is 312 g/mol.